The summed E-state index contributed by atoms with van der Waals surface area (Å²) in [7, 11) is 0. The quantitative estimate of drug-likeness (QED) is 0.705. The van der Waals surface area contributed by atoms with Crippen molar-refractivity contribution in [2.75, 3.05) is 6.54 Å². The van der Waals surface area contributed by atoms with Crippen molar-refractivity contribution in [3.05, 3.63) is 100 Å². The lowest BCUT2D eigenvalue weighted by molar-refractivity contribution is 0.0734. The van der Waals surface area contributed by atoms with Crippen molar-refractivity contribution in [2.45, 2.75) is 19.6 Å². The number of amides is 2. The van der Waals surface area contributed by atoms with Crippen LogP contribution in [0, 0.1) is 5.82 Å². The Morgan fingerprint density at radius 3 is 2.47 bits per heavy atom. The second-order valence-corrected chi connectivity index (χ2v) is 7.24. The van der Waals surface area contributed by atoms with Crippen LogP contribution in [-0.4, -0.2) is 23.3 Å². The van der Waals surface area contributed by atoms with E-state index in [0.29, 0.717) is 18.7 Å². The van der Waals surface area contributed by atoms with E-state index in [4.69, 9.17) is 10.5 Å². The molecule has 2 amide bonds. The Morgan fingerprint density at radius 2 is 1.73 bits per heavy atom. The molecule has 0 saturated carbocycles. The third-order valence-corrected chi connectivity index (χ3v) is 5.22. The van der Waals surface area contributed by atoms with Gasteiger partial charge in [0, 0.05) is 18.7 Å². The summed E-state index contributed by atoms with van der Waals surface area (Å²) >= 11 is 0. The molecule has 0 fully saturated rings. The summed E-state index contributed by atoms with van der Waals surface area (Å²) in [5.74, 6) is -1.10. The van der Waals surface area contributed by atoms with Crippen LogP contribution in [0.25, 0.3) is 0 Å². The lowest BCUT2D eigenvalue weighted by Crippen LogP contribution is -2.35. The summed E-state index contributed by atoms with van der Waals surface area (Å²) in [6, 6.07) is 19.0. The predicted octanol–water partition coefficient (Wildman–Crippen LogP) is 3.70. The van der Waals surface area contributed by atoms with Crippen LogP contribution in [0.5, 0.6) is 5.75 Å². The van der Waals surface area contributed by atoms with E-state index in [1.807, 2.05) is 17.0 Å². The van der Waals surface area contributed by atoms with Crippen molar-refractivity contribution in [1.82, 2.24) is 4.90 Å². The summed E-state index contributed by atoms with van der Waals surface area (Å²) in [5, 5.41) is 0. The maximum absolute atomic E-state index is 13.3. The Bertz CT molecular complexity index is 1100. The van der Waals surface area contributed by atoms with Crippen LogP contribution < -0.4 is 10.5 Å². The molecule has 3 aromatic rings. The average Bonchev–Trinajstić information content (AvgIpc) is 2.77. The number of fused-ring (bicyclic) bond motifs is 1. The molecule has 6 heteroatoms. The number of carbonyl (C=O) groups is 2. The third-order valence-electron chi connectivity index (χ3n) is 5.22. The van der Waals surface area contributed by atoms with Crippen molar-refractivity contribution < 1.29 is 18.7 Å². The largest absolute Gasteiger partial charge is 0.488 e. The van der Waals surface area contributed by atoms with E-state index in [1.165, 1.54) is 23.3 Å². The van der Waals surface area contributed by atoms with Crippen molar-refractivity contribution in [3.63, 3.8) is 0 Å². The minimum absolute atomic E-state index is 0.00724. The molecule has 1 heterocycles. The van der Waals surface area contributed by atoms with E-state index in [0.717, 1.165) is 18.1 Å². The van der Waals surface area contributed by atoms with E-state index in [-0.39, 0.29) is 23.8 Å². The Balaban J connectivity index is 1.41. The fraction of sp³-hybridized carbons (Fsp3) is 0.167. The van der Waals surface area contributed by atoms with Gasteiger partial charge in [-0.3, -0.25) is 9.59 Å². The monoisotopic (exact) mass is 404 g/mol. The fourth-order valence-corrected chi connectivity index (χ4v) is 3.58. The van der Waals surface area contributed by atoms with E-state index in [9.17, 15) is 14.0 Å². The summed E-state index contributed by atoms with van der Waals surface area (Å²) in [6.45, 7) is 1.47. The van der Waals surface area contributed by atoms with E-state index >= 15 is 0 Å². The summed E-state index contributed by atoms with van der Waals surface area (Å²) < 4.78 is 19.0. The maximum atomic E-state index is 13.3. The van der Waals surface area contributed by atoms with Crippen LogP contribution >= 0.6 is 0 Å². The van der Waals surface area contributed by atoms with Crippen LogP contribution in [0.3, 0.4) is 0 Å². The number of ether oxygens (including phenoxy) is 1. The molecule has 1 aliphatic rings. The van der Waals surface area contributed by atoms with Crippen molar-refractivity contribution >= 4 is 11.8 Å². The second-order valence-electron chi connectivity index (χ2n) is 7.24. The summed E-state index contributed by atoms with van der Waals surface area (Å²) in [5.41, 5.74) is 9.18. The molecule has 0 atom stereocenters. The summed E-state index contributed by atoms with van der Waals surface area (Å²) in [4.78, 5) is 26.2. The molecule has 0 aromatic heterocycles. The number of carbonyl (C=O) groups excluding carboxylic acids is 2. The normalized spacial score (nSPS) is 12.9. The van der Waals surface area contributed by atoms with Gasteiger partial charge in [0.25, 0.3) is 11.8 Å². The zero-order valence-electron chi connectivity index (χ0n) is 16.3. The number of primary amides is 1. The van der Waals surface area contributed by atoms with Crippen LogP contribution in [0.4, 0.5) is 4.39 Å². The third kappa shape index (κ3) is 4.17. The molecule has 0 aliphatic carbocycles. The standard InChI is InChI=1S/C24H21FN2O3/c25-20-9-10-22(21(13-20)23(26)28)30-15-16-5-7-18(8-6-16)24(29)27-12-11-17-3-1-2-4-19(17)14-27/h1-10,13H,11-12,14-15H2,(H2,26,28). The van der Waals surface area contributed by atoms with Crippen molar-refractivity contribution in [2.24, 2.45) is 5.73 Å². The molecule has 30 heavy (non-hydrogen) atoms. The molecule has 5 nitrogen and oxygen atoms in total. The molecular weight excluding hydrogens is 383 g/mol. The first-order valence-electron chi connectivity index (χ1n) is 9.68. The van der Waals surface area contributed by atoms with E-state index in [2.05, 4.69) is 12.1 Å². The van der Waals surface area contributed by atoms with E-state index in [1.54, 1.807) is 24.3 Å². The maximum Gasteiger partial charge on any atom is 0.254 e. The molecule has 152 valence electrons. The summed E-state index contributed by atoms with van der Waals surface area (Å²) in [6.07, 6.45) is 0.855. The van der Waals surface area contributed by atoms with Gasteiger partial charge in [0.05, 0.1) is 5.56 Å². The molecule has 0 radical (unpaired) electrons. The van der Waals surface area contributed by atoms with Crippen LogP contribution in [0.15, 0.2) is 66.7 Å². The van der Waals surface area contributed by atoms with Crippen molar-refractivity contribution in [1.29, 1.82) is 0 Å². The molecule has 0 bridgehead atoms. The predicted molar refractivity (Wildman–Crippen MR) is 111 cm³/mol. The number of nitrogens with two attached hydrogens (primary N) is 1. The first-order chi connectivity index (χ1) is 14.5. The number of hydrogen-bond donors (Lipinski definition) is 1. The van der Waals surface area contributed by atoms with Crippen LogP contribution in [0.2, 0.25) is 0 Å². The van der Waals surface area contributed by atoms with Gasteiger partial charge in [-0.25, -0.2) is 4.39 Å². The molecular formula is C24H21FN2O3. The van der Waals surface area contributed by atoms with Crippen LogP contribution in [0.1, 0.15) is 37.4 Å². The lowest BCUT2D eigenvalue weighted by atomic mass is 9.99. The van der Waals surface area contributed by atoms with E-state index < -0.39 is 11.7 Å². The van der Waals surface area contributed by atoms with Gasteiger partial charge < -0.3 is 15.4 Å². The minimum atomic E-state index is -0.756. The van der Waals surface area contributed by atoms with Gasteiger partial charge in [-0.15, -0.1) is 0 Å². The molecule has 2 N–H and O–H groups in total. The Morgan fingerprint density at radius 1 is 1.00 bits per heavy atom. The molecule has 0 spiro atoms. The highest BCUT2D eigenvalue weighted by Gasteiger charge is 2.21. The van der Waals surface area contributed by atoms with Gasteiger partial charge in [-0.2, -0.15) is 0 Å². The smallest absolute Gasteiger partial charge is 0.254 e. The number of halogens is 1. The van der Waals surface area contributed by atoms with Gasteiger partial charge >= 0.3 is 0 Å². The van der Waals surface area contributed by atoms with Gasteiger partial charge in [0.2, 0.25) is 0 Å². The highest BCUT2D eigenvalue weighted by Crippen LogP contribution is 2.22. The number of nitrogens with zero attached hydrogens (tertiary/aromatic N) is 1. The topological polar surface area (TPSA) is 72.6 Å². The highest BCUT2D eigenvalue weighted by atomic mass is 19.1. The number of hydrogen-bond acceptors (Lipinski definition) is 3. The van der Waals surface area contributed by atoms with Gasteiger partial charge in [-0.05, 0) is 53.4 Å². The Hall–Kier alpha value is -3.67. The Kier molecular flexibility index (Phi) is 5.48. The zero-order chi connectivity index (χ0) is 21.1. The first kappa shape index (κ1) is 19.6. The first-order valence-corrected chi connectivity index (χ1v) is 9.68. The SMILES string of the molecule is NC(=O)c1cc(F)ccc1OCc1ccc(C(=O)N2CCc3ccccc3C2)cc1. The highest BCUT2D eigenvalue weighted by molar-refractivity contribution is 5.95. The zero-order valence-corrected chi connectivity index (χ0v) is 16.3. The molecule has 3 aromatic carbocycles. The van der Waals surface area contributed by atoms with Gasteiger partial charge in [0.15, 0.2) is 0 Å². The average molecular weight is 404 g/mol. The second kappa shape index (κ2) is 8.37. The molecule has 4 rings (SSSR count). The van der Waals surface area contributed by atoms with Crippen molar-refractivity contribution in [3.8, 4) is 5.75 Å². The van der Waals surface area contributed by atoms with Crippen LogP contribution in [-0.2, 0) is 19.6 Å². The fourth-order valence-electron chi connectivity index (χ4n) is 3.58. The molecule has 0 saturated heterocycles. The lowest BCUT2D eigenvalue weighted by Gasteiger charge is -2.29. The number of rotatable bonds is 5. The number of benzene rings is 3. The van der Waals surface area contributed by atoms with Gasteiger partial charge in [-0.1, -0.05) is 36.4 Å². The molecule has 1 aliphatic heterocycles. The minimum Gasteiger partial charge on any atom is -0.488 e. The Labute approximate surface area is 173 Å². The van der Waals surface area contributed by atoms with Gasteiger partial charge in [0.1, 0.15) is 18.2 Å². The molecule has 0 unspecified atom stereocenters.